The number of hydrogen-bond acceptors (Lipinski definition) is 4. The van der Waals surface area contributed by atoms with Gasteiger partial charge in [0.1, 0.15) is 5.70 Å². The number of likely N-dealkylation sites (tertiary alicyclic amines) is 1. The van der Waals surface area contributed by atoms with Crippen molar-refractivity contribution in [2.45, 2.75) is 69.5 Å². The Labute approximate surface area is 196 Å². The molecule has 1 aromatic heterocycles. The van der Waals surface area contributed by atoms with E-state index in [1.54, 1.807) is 19.3 Å². The molecule has 1 saturated heterocycles. The average Bonchev–Trinajstić information content (AvgIpc) is 2.80. The third kappa shape index (κ3) is 6.55. The van der Waals surface area contributed by atoms with Crippen molar-refractivity contribution in [3.05, 3.63) is 53.0 Å². The molecule has 0 spiro atoms. The minimum Gasteiger partial charge on any atom is -0.395 e. The van der Waals surface area contributed by atoms with Gasteiger partial charge in [0, 0.05) is 50.9 Å². The second-order valence-corrected chi connectivity index (χ2v) is 8.89. The van der Waals surface area contributed by atoms with Gasteiger partial charge in [-0.1, -0.05) is 18.6 Å². The fourth-order valence-corrected chi connectivity index (χ4v) is 4.65. The Morgan fingerprint density at radius 3 is 2.68 bits per heavy atom. The number of alkyl halides is 5. The van der Waals surface area contributed by atoms with Crippen LogP contribution in [0.4, 0.5) is 22.0 Å². The van der Waals surface area contributed by atoms with Crippen molar-refractivity contribution < 1.29 is 26.7 Å². The van der Waals surface area contributed by atoms with Gasteiger partial charge in [-0.05, 0) is 49.0 Å². The highest BCUT2D eigenvalue weighted by Gasteiger charge is 2.37. The smallest absolute Gasteiger partial charge is 0.395 e. The molecule has 2 unspecified atom stereocenters. The SMILES string of the molecule is CC/C(=C\C=C(/N)C(F)(F)F)C(CNC(=O)C1CCCc2cnccc21)N1CCC(F)(F)CC1. The molecule has 0 saturated carbocycles. The highest BCUT2D eigenvalue weighted by molar-refractivity contribution is 5.84. The second-order valence-electron chi connectivity index (χ2n) is 8.89. The number of aryl methyl sites for hydroxylation is 1. The van der Waals surface area contributed by atoms with Gasteiger partial charge in [-0.2, -0.15) is 13.2 Å². The molecule has 1 aliphatic heterocycles. The van der Waals surface area contributed by atoms with Crippen LogP contribution in [0.5, 0.6) is 0 Å². The van der Waals surface area contributed by atoms with E-state index >= 15 is 0 Å². The predicted molar refractivity (Wildman–Crippen MR) is 119 cm³/mol. The molecule has 1 fully saturated rings. The van der Waals surface area contributed by atoms with Crippen molar-refractivity contribution in [1.29, 1.82) is 0 Å². The molecule has 34 heavy (non-hydrogen) atoms. The molecule has 0 aromatic carbocycles. The van der Waals surface area contributed by atoms with Gasteiger partial charge in [-0.15, -0.1) is 0 Å². The zero-order valence-electron chi connectivity index (χ0n) is 19.2. The van der Waals surface area contributed by atoms with Crippen LogP contribution in [-0.4, -0.2) is 53.6 Å². The van der Waals surface area contributed by atoms with Gasteiger partial charge in [-0.25, -0.2) is 8.78 Å². The first-order chi connectivity index (χ1) is 16.0. The maximum Gasteiger partial charge on any atom is 0.430 e. The summed E-state index contributed by atoms with van der Waals surface area (Å²) in [7, 11) is 0. The topological polar surface area (TPSA) is 71.2 Å². The number of allylic oxidation sites excluding steroid dienone is 3. The van der Waals surface area contributed by atoms with E-state index in [0.717, 1.165) is 30.0 Å². The molecule has 2 atom stereocenters. The summed E-state index contributed by atoms with van der Waals surface area (Å²) in [6.07, 6.45) is 2.96. The minimum absolute atomic E-state index is 0.0846. The summed E-state index contributed by atoms with van der Waals surface area (Å²) in [4.78, 5) is 19.0. The first kappa shape index (κ1) is 26.1. The number of hydrogen-bond donors (Lipinski definition) is 2. The molecule has 0 bridgehead atoms. The van der Waals surface area contributed by atoms with Gasteiger partial charge in [0.25, 0.3) is 5.92 Å². The lowest BCUT2D eigenvalue weighted by Gasteiger charge is -2.39. The maximum absolute atomic E-state index is 13.7. The zero-order valence-corrected chi connectivity index (χ0v) is 19.2. The van der Waals surface area contributed by atoms with Crippen LogP contribution in [-0.2, 0) is 11.2 Å². The number of carbonyl (C=O) groups excluding carboxylic acids is 1. The van der Waals surface area contributed by atoms with Crippen LogP contribution in [0.25, 0.3) is 0 Å². The molecule has 2 heterocycles. The van der Waals surface area contributed by atoms with Crippen molar-refractivity contribution in [3.63, 3.8) is 0 Å². The molecular weight excluding hydrogens is 455 g/mol. The number of nitrogens with two attached hydrogens (primary N) is 1. The fourth-order valence-electron chi connectivity index (χ4n) is 4.65. The van der Waals surface area contributed by atoms with Crippen LogP contribution in [0.15, 0.2) is 41.9 Å². The zero-order chi connectivity index (χ0) is 24.9. The largest absolute Gasteiger partial charge is 0.430 e. The van der Waals surface area contributed by atoms with Crippen LogP contribution < -0.4 is 11.1 Å². The number of amides is 1. The molecule has 1 amide bonds. The fraction of sp³-hybridized carbons (Fsp3) is 0.583. The Balaban J connectivity index is 1.79. The second kappa shape index (κ2) is 10.8. The number of piperidine rings is 1. The Bertz CT molecular complexity index is 918. The van der Waals surface area contributed by atoms with Gasteiger partial charge < -0.3 is 11.1 Å². The van der Waals surface area contributed by atoms with E-state index in [0.29, 0.717) is 18.4 Å². The van der Waals surface area contributed by atoms with Gasteiger partial charge in [0.05, 0.1) is 5.92 Å². The maximum atomic E-state index is 13.7. The number of aromatic nitrogens is 1. The van der Waals surface area contributed by atoms with Crippen LogP contribution in [0, 0.1) is 0 Å². The monoisotopic (exact) mass is 486 g/mol. The molecule has 3 N–H and O–H groups in total. The summed E-state index contributed by atoms with van der Waals surface area (Å²) in [5.41, 5.74) is 6.45. The number of rotatable bonds is 7. The van der Waals surface area contributed by atoms with E-state index in [9.17, 15) is 26.7 Å². The predicted octanol–water partition coefficient (Wildman–Crippen LogP) is 4.46. The van der Waals surface area contributed by atoms with Crippen molar-refractivity contribution in [2.75, 3.05) is 19.6 Å². The first-order valence-corrected chi connectivity index (χ1v) is 11.6. The Kier molecular flexibility index (Phi) is 8.33. The number of nitrogens with one attached hydrogen (secondary N) is 1. The lowest BCUT2D eigenvalue weighted by atomic mass is 9.83. The van der Waals surface area contributed by atoms with Gasteiger partial charge in [0.2, 0.25) is 5.91 Å². The van der Waals surface area contributed by atoms with E-state index in [-0.39, 0.29) is 44.3 Å². The Morgan fingerprint density at radius 2 is 2.03 bits per heavy atom. The Morgan fingerprint density at radius 1 is 1.32 bits per heavy atom. The van der Waals surface area contributed by atoms with Gasteiger partial charge in [-0.3, -0.25) is 14.7 Å². The minimum atomic E-state index is -4.66. The number of pyridine rings is 1. The molecule has 188 valence electrons. The standard InChI is InChI=1S/C24H31F5N4O/c1-2-16(6-7-21(30)24(27,28)29)20(33-12-9-23(25,26)10-13-33)15-32-22(34)19-5-3-4-17-14-31-11-8-18(17)19/h6-8,11,14,19-20H,2-5,9-10,12-13,15,30H2,1H3,(H,32,34)/b16-6+,21-7-. The Hall–Kier alpha value is -2.49. The number of carbonyl (C=O) groups is 1. The third-order valence-electron chi connectivity index (χ3n) is 6.65. The summed E-state index contributed by atoms with van der Waals surface area (Å²) in [6, 6.07) is 1.33. The summed E-state index contributed by atoms with van der Waals surface area (Å²) in [6.45, 7) is 2.06. The van der Waals surface area contributed by atoms with Crippen LogP contribution >= 0.6 is 0 Å². The molecule has 5 nitrogen and oxygen atoms in total. The van der Waals surface area contributed by atoms with E-state index in [1.165, 1.54) is 6.08 Å². The molecule has 3 rings (SSSR count). The lowest BCUT2D eigenvalue weighted by molar-refractivity contribution is -0.123. The van der Waals surface area contributed by atoms with Crippen LogP contribution in [0.3, 0.4) is 0 Å². The summed E-state index contributed by atoms with van der Waals surface area (Å²) in [5.74, 6) is -3.28. The quantitative estimate of drug-likeness (QED) is 0.441. The molecule has 1 aliphatic carbocycles. The first-order valence-electron chi connectivity index (χ1n) is 11.6. The number of halogens is 5. The molecule has 10 heteroatoms. The van der Waals surface area contributed by atoms with Gasteiger partial charge >= 0.3 is 6.18 Å². The highest BCUT2D eigenvalue weighted by Crippen LogP contribution is 2.32. The summed E-state index contributed by atoms with van der Waals surface area (Å²) >= 11 is 0. The van der Waals surface area contributed by atoms with Crippen LogP contribution in [0.1, 0.15) is 56.1 Å². The third-order valence-corrected chi connectivity index (χ3v) is 6.65. The molecular formula is C24H31F5N4O. The van der Waals surface area contributed by atoms with E-state index in [2.05, 4.69) is 10.3 Å². The summed E-state index contributed by atoms with van der Waals surface area (Å²) < 4.78 is 66.0. The molecule has 0 radical (unpaired) electrons. The van der Waals surface area contributed by atoms with Gasteiger partial charge in [0.15, 0.2) is 0 Å². The van der Waals surface area contributed by atoms with Crippen molar-refractivity contribution in [3.8, 4) is 0 Å². The average molecular weight is 487 g/mol. The number of fused-ring (bicyclic) bond motifs is 1. The molecule has 1 aromatic rings. The van der Waals surface area contributed by atoms with E-state index in [4.69, 9.17) is 5.73 Å². The van der Waals surface area contributed by atoms with Crippen molar-refractivity contribution >= 4 is 5.91 Å². The van der Waals surface area contributed by atoms with Crippen molar-refractivity contribution in [2.24, 2.45) is 5.73 Å². The van der Waals surface area contributed by atoms with Crippen molar-refractivity contribution in [1.82, 2.24) is 15.2 Å². The van der Waals surface area contributed by atoms with E-state index in [1.807, 2.05) is 11.0 Å². The van der Waals surface area contributed by atoms with E-state index < -0.39 is 23.8 Å². The normalized spacial score (nSPS) is 22.7. The summed E-state index contributed by atoms with van der Waals surface area (Å²) in [5, 5.41) is 2.94. The lowest BCUT2D eigenvalue weighted by Crippen LogP contribution is -2.50. The van der Waals surface area contributed by atoms with Crippen LogP contribution in [0.2, 0.25) is 0 Å². The number of nitrogens with zero attached hydrogens (tertiary/aromatic N) is 2. The molecule has 2 aliphatic rings. The highest BCUT2D eigenvalue weighted by atomic mass is 19.4.